The number of aromatic nitrogens is 2. The summed E-state index contributed by atoms with van der Waals surface area (Å²) in [6.07, 6.45) is 7.63. The zero-order valence-corrected chi connectivity index (χ0v) is 14.3. The van der Waals surface area contributed by atoms with E-state index in [1.54, 1.807) is 10.8 Å². The summed E-state index contributed by atoms with van der Waals surface area (Å²) < 4.78 is 2.23. The van der Waals surface area contributed by atoms with Crippen molar-refractivity contribution in [3.8, 4) is 0 Å². The van der Waals surface area contributed by atoms with E-state index in [1.807, 2.05) is 25.2 Å². The van der Waals surface area contributed by atoms with Crippen molar-refractivity contribution in [3.63, 3.8) is 0 Å². The molecule has 3 rings (SSSR count). The molecule has 0 aliphatic carbocycles. The quantitative estimate of drug-likeness (QED) is 0.621. The van der Waals surface area contributed by atoms with Gasteiger partial charge in [-0.3, -0.25) is 9.36 Å². The first-order valence-electron chi connectivity index (χ1n) is 7.20. The van der Waals surface area contributed by atoms with Crippen LogP contribution >= 0.6 is 15.9 Å². The number of halogens is 1. The number of carboxylic acids is 1. The van der Waals surface area contributed by atoms with E-state index >= 15 is 0 Å². The van der Waals surface area contributed by atoms with E-state index in [1.165, 1.54) is 18.2 Å². The van der Waals surface area contributed by atoms with Crippen molar-refractivity contribution < 1.29 is 14.7 Å². The average Bonchev–Trinajstić information content (AvgIpc) is 2.72. The third-order valence-electron chi connectivity index (χ3n) is 3.75. The van der Waals surface area contributed by atoms with Crippen molar-refractivity contribution in [2.24, 2.45) is 5.92 Å². The number of carbonyl (C=O) groups is 2. The molecule has 0 bridgehead atoms. The van der Waals surface area contributed by atoms with Crippen LogP contribution in [0.2, 0.25) is 0 Å². The summed E-state index contributed by atoms with van der Waals surface area (Å²) in [7, 11) is 0. The van der Waals surface area contributed by atoms with Crippen LogP contribution in [-0.2, 0) is 0 Å². The molecule has 0 fully saturated rings. The van der Waals surface area contributed by atoms with E-state index < -0.39 is 5.97 Å². The van der Waals surface area contributed by atoms with Gasteiger partial charge in [-0.05, 0) is 46.1 Å². The Labute approximate surface area is 146 Å². The number of carbonyl (C=O) groups excluding carboxylic acids is 1. The largest absolute Gasteiger partial charge is 0.478 e. The molecular formula is C17H14BrN3O3. The first kappa shape index (κ1) is 16.2. The summed E-state index contributed by atoms with van der Waals surface area (Å²) in [5, 5.41) is 9.17. The number of nitrogens with zero attached hydrogens (tertiary/aromatic N) is 2. The number of rotatable bonds is 3. The van der Waals surface area contributed by atoms with Gasteiger partial charge in [0, 0.05) is 17.5 Å². The Bertz CT molecular complexity index is 912. The van der Waals surface area contributed by atoms with E-state index in [9.17, 15) is 9.59 Å². The lowest BCUT2D eigenvalue weighted by Gasteiger charge is -2.06. The fraction of sp³-hybridized carbons (Fsp3) is 0.118. The molecule has 1 aromatic carbocycles. The predicted molar refractivity (Wildman–Crippen MR) is 94.7 cm³/mol. The molecule has 1 aliphatic rings. The zero-order chi connectivity index (χ0) is 17.4. The van der Waals surface area contributed by atoms with E-state index in [4.69, 9.17) is 10.8 Å². The molecule has 0 spiro atoms. The molecule has 1 aliphatic heterocycles. The Hall–Kier alpha value is -2.67. The van der Waals surface area contributed by atoms with Gasteiger partial charge in [-0.2, -0.15) is 0 Å². The zero-order valence-electron chi connectivity index (χ0n) is 12.7. The van der Waals surface area contributed by atoms with Gasteiger partial charge in [-0.25, -0.2) is 9.78 Å². The van der Waals surface area contributed by atoms with Crippen LogP contribution in [0.1, 0.15) is 39.2 Å². The molecule has 24 heavy (non-hydrogen) atoms. The number of fused-ring (bicyclic) bond motifs is 1. The highest BCUT2D eigenvalue weighted by atomic mass is 79.9. The van der Waals surface area contributed by atoms with Crippen LogP contribution in [0.5, 0.6) is 0 Å². The van der Waals surface area contributed by atoms with Gasteiger partial charge in [0.15, 0.2) is 5.82 Å². The smallest absolute Gasteiger partial charge is 0.337 e. The Morgan fingerprint density at radius 2 is 2.08 bits per heavy atom. The van der Waals surface area contributed by atoms with Gasteiger partial charge >= 0.3 is 5.97 Å². The SMILES string of the molecule is CC1C=Cc2c(Br)nc(C(=O)c3ccc(N)c(C(=O)O)c3)n2C=C1. The number of nitrogens with two attached hydrogens (primary N) is 1. The lowest BCUT2D eigenvalue weighted by Crippen LogP contribution is -2.11. The van der Waals surface area contributed by atoms with Crippen molar-refractivity contribution in [2.75, 3.05) is 5.73 Å². The molecule has 3 N–H and O–H groups in total. The third-order valence-corrected chi connectivity index (χ3v) is 4.33. The fourth-order valence-corrected chi connectivity index (χ4v) is 2.91. The van der Waals surface area contributed by atoms with Crippen molar-refractivity contribution >= 4 is 45.6 Å². The maximum absolute atomic E-state index is 12.8. The highest BCUT2D eigenvalue weighted by Gasteiger charge is 2.22. The van der Waals surface area contributed by atoms with Gasteiger partial charge in [-0.15, -0.1) is 0 Å². The molecule has 0 radical (unpaired) electrons. The number of anilines is 1. The van der Waals surface area contributed by atoms with E-state index in [0.717, 1.165) is 5.69 Å². The van der Waals surface area contributed by atoms with Crippen LogP contribution in [0.3, 0.4) is 0 Å². The first-order chi connectivity index (χ1) is 11.4. The van der Waals surface area contributed by atoms with Crippen LogP contribution in [-0.4, -0.2) is 26.4 Å². The Balaban J connectivity index is 2.10. The van der Waals surface area contributed by atoms with Crippen molar-refractivity contribution in [1.82, 2.24) is 9.55 Å². The summed E-state index contributed by atoms with van der Waals surface area (Å²) in [5.41, 5.74) is 6.62. The summed E-state index contributed by atoms with van der Waals surface area (Å²) in [6, 6.07) is 4.18. The van der Waals surface area contributed by atoms with E-state index in [2.05, 4.69) is 20.9 Å². The maximum Gasteiger partial charge on any atom is 0.337 e. The lowest BCUT2D eigenvalue weighted by molar-refractivity contribution is 0.0698. The average molecular weight is 388 g/mol. The predicted octanol–water partition coefficient (Wildman–Crippen LogP) is 3.29. The highest BCUT2D eigenvalue weighted by Crippen LogP contribution is 2.26. The Kier molecular flexibility index (Phi) is 4.11. The molecule has 1 aromatic heterocycles. The van der Waals surface area contributed by atoms with Crippen molar-refractivity contribution in [1.29, 1.82) is 0 Å². The van der Waals surface area contributed by atoms with Gasteiger partial charge in [0.25, 0.3) is 0 Å². The molecule has 122 valence electrons. The number of hydrogen-bond donors (Lipinski definition) is 2. The van der Waals surface area contributed by atoms with Crippen LogP contribution < -0.4 is 5.73 Å². The van der Waals surface area contributed by atoms with Crippen LogP contribution in [0.25, 0.3) is 12.3 Å². The monoisotopic (exact) mass is 387 g/mol. The number of ketones is 1. The number of carboxylic acid groups (broad SMARTS) is 1. The lowest BCUT2D eigenvalue weighted by atomic mass is 10.0. The number of benzene rings is 1. The number of allylic oxidation sites excluding steroid dienone is 2. The topological polar surface area (TPSA) is 98.2 Å². The summed E-state index contributed by atoms with van der Waals surface area (Å²) in [4.78, 5) is 28.3. The molecule has 1 atom stereocenters. The maximum atomic E-state index is 12.8. The van der Waals surface area contributed by atoms with Gasteiger partial charge in [0.2, 0.25) is 5.78 Å². The third kappa shape index (κ3) is 2.78. The summed E-state index contributed by atoms with van der Waals surface area (Å²) in [5.74, 6) is -1.12. The molecule has 2 heterocycles. The highest BCUT2D eigenvalue weighted by molar-refractivity contribution is 9.10. The van der Waals surface area contributed by atoms with Crippen LogP contribution in [0.4, 0.5) is 5.69 Å². The van der Waals surface area contributed by atoms with Gasteiger partial charge in [-0.1, -0.05) is 19.1 Å². The first-order valence-corrected chi connectivity index (χ1v) is 7.99. The number of imidazole rings is 1. The van der Waals surface area contributed by atoms with Crippen LogP contribution in [0.15, 0.2) is 35.0 Å². The fourth-order valence-electron chi connectivity index (χ4n) is 2.42. The molecular weight excluding hydrogens is 374 g/mol. The molecule has 0 amide bonds. The van der Waals surface area contributed by atoms with Crippen molar-refractivity contribution in [2.45, 2.75) is 6.92 Å². The standard InChI is InChI=1S/C17H14BrN3O3/c1-9-2-5-13-15(18)20-16(21(13)7-6-9)14(22)10-3-4-12(19)11(8-10)17(23)24/h2-9H,19H2,1H3,(H,23,24). The molecule has 0 saturated carbocycles. The molecule has 2 aromatic rings. The number of aromatic carboxylic acids is 1. The second-order valence-electron chi connectivity index (χ2n) is 5.48. The van der Waals surface area contributed by atoms with E-state index in [-0.39, 0.29) is 34.3 Å². The van der Waals surface area contributed by atoms with E-state index in [0.29, 0.717) is 4.60 Å². The van der Waals surface area contributed by atoms with Gasteiger partial charge in [0.1, 0.15) is 4.60 Å². The van der Waals surface area contributed by atoms with Gasteiger partial charge in [0.05, 0.1) is 11.3 Å². The van der Waals surface area contributed by atoms with Crippen LogP contribution in [0, 0.1) is 5.92 Å². The number of nitrogen functional groups attached to an aromatic ring is 1. The Morgan fingerprint density at radius 3 is 2.79 bits per heavy atom. The minimum absolute atomic E-state index is 0.105. The molecule has 0 saturated heterocycles. The number of hydrogen-bond acceptors (Lipinski definition) is 4. The molecule has 7 heteroatoms. The van der Waals surface area contributed by atoms with Crippen molar-refractivity contribution in [3.05, 3.63) is 57.6 Å². The summed E-state index contributed by atoms with van der Waals surface area (Å²) in [6.45, 7) is 2.03. The Morgan fingerprint density at radius 1 is 1.33 bits per heavy atom. The second kappa shape index (κ2) is 6.09. The molecule has 1 unspecified atom stereocenters. The van der Waals surface area contributed by atoms with Gasteiger partial charge < -0.3 is 10.8 Å². The second-order valence-corrected chi connectivity index (χ2v) is 6.23. The molecule has 6 nitrogen and oxygen atoms in total. The summed E-state index contributed by atoms with van der Waals surface area (Å²) >= 11 is 3.36. The minimum Gasteiger partial charge on any atom is -0.478 e. The minimum atomic E-state index is -1.18. The normalized spacial score (nSPS) is 15.8.